The third-order valence-electron chi connectivity index (χ3n) is 3.14. The highest BCUT2D eigenvalue weighted by atomic mass is 32.1. The lowest BCUT2D eigenvalue weighted by atomic mass is 10.2. The van der Waals surface area contributed by atoms with Gasteiger partial charge in [-0.15, -0.1) is 11.3 Å². The average Bonchev–Trinajstić information content (AvgIpc) is 2.95. The molecule has 2 aromatic rings. The van der Waals surface area contributed by atoms with Crippen LogP contribution in [-0.4, -0.2) is 23.5 Å². The zero-order chi connectivity index (χ0) is 12.5. The second-order valence-corrected chi connectivity index (χ2v) is 5.79. The first-order valence-electron chi connectivity index (χ1n) is 6.14. The summed E-state index contributed by atoms with van der Waals surface area (Å²) in [5, 5.41) is 7.21. The number of thiazole rings is 1. The van der Waals surface area contributed by atoms with Crippen LogP contribution >= 0.6 is 11.3 Å². The van der Waals surface area contributed by atoms with Crippen molar-refractivity contribution in [3.63, 3.8) is 0 Å². The fraction of sp³-hybridized carbons (Fsp3) is 0.385. The highest BCUT2D eigenvalue weighted by Gasteiger charge is 2.21. The van der Waals surface area contributed by atoms with Gasteiger partial charge in [-0.1, -0.05) is 0 Å². The Kier molecular flexibility index (Phi) is 3.01. The number of fused-ring (bicyclic) bond motifs is 1. The summed E-state index contributed by atoms with van der Waals surface area (Å²) >= 11 is 1.65. The standard InChI is InChI=1S/C13H15N3OS/c1-8-15-10-5-4-9(7-12(10)18-8)16-13(17)11-3-2-6-14-11/h4-5,7,11,14H,2-3,6H2,1H3,(H,16,17)/t11-/m1/s1. The first-order chi connectivity index (χ1) is 8.72. The Bertz CT molecular complexity index is 587. The van der Waals surface area contributed by atoms with Crippen molar-refractivity contribution in [3.05, 3.63) is 23.2 Å². The van der Waals surface area contributed by atoms with Crippen LogP contribution in [0.25, 0.3) is 10.2 Å². The number of amides is 1. The second kappa shape index (κ2) is 4.66. The molecule has 1 aromatic heterocycles. The first-order valence-corrected chi connectivity index (χ1v) is 6.95. The summed E-state index contributed by atoms with van der Waals surface area (Å²) in [5.74, 6) is 0.0630. The average molecular weight is 261 g/mol. The van der Waals surface area contributed by atoms with Crippen molar-refractivity contribution in [3.8, 4) is 0 Å². The predicted molar refractivity (Wildman–Crippen MR) is 74.0 cm³/mol. The molecule has 0 bridgehead atoms. The first kappa shape index (κ1) is 11.6. The van der Waals surface area contributed by atoms with Gasteiger partial charge in [-0.05, 0) is 44.5 Å². The number of hydrogen-bond acceptors (Lipinski definition) is 4. The molecule has 0 spiro atoms. The molecule has 2 heterocycles. The minimum absolute atomic E-state index is 0.0381. The van der Waals surface area contributed by atoms with Crippen molar-refractivity contribution < 1.29 is 4.79 Å². The lowest BCUT2D eigenvalue weighted by Crippen LogP contribution is -2.35. The molecular formula is C13H15N3OS. The lowest BCUT2D eigenvalue weighted by molar-refractivity contribution is -0.117. The van der Waals surface area contributed by atoms with Crippen LogP contribution in [0.4, 0.5) is 5.69 Å². The van der Waals surface area contributed by atoms with E-state index in [2.05, 4.69) is 15.6 Å². The van der Waals surface area contributed by atoms with Gasteiger partial charge < -0.3 is 10.6 Å². The van der Waals surface area contributed by atoms with E-state index in [-0.39, 0.29) is 11.9 Å². The molecule has 1 aliphatic heterocycles. The summed E-state index contributed by atoms with van der Waals surface area (Å²) in [4.78, 5) is 16.4. The Morgan fingerprint density at radius 1 is 1.56 bits per heavy atom. The van der Waals surface area contributed by atoms with E-state index in [1.165, 1.54) is 0 Å². The summed E-state index contributed by atoms with van der Waals surface area (Å²) in [6.45, 7) is 2.93. The van der Waals surface area contributed by atoms with Crippen LogP contribution in [0.1, 0.15) is 17.8 Å². The van der Waals surface area contributed by atoms with Gasteiger partial charge in [0.1, 0.15) is 0 Å². The number of aromatic nitrogens is 1. The molecule has 4 nitrogen and oxygen atoms in total. The van der Waals surface area contributed by atoms with Gasteiger partial charge in [-0.2, -0.15) is 0 Å². The Labute approximate surface area is 109 Å². The molecule has 1 fully saturated rings. The fourth-order valence-corrected chi connectivity index (χ4v) is 3.12. The van der Waals surface area contributed by atoms with E-state index in [0.717, 1.165) is 40.3 Å². The van der Waals surface area contributed by atoms with Gasteiger partial charge >= 0.3 is 0 Å². The molecule has 0 aliphatic carbocycles. The number of hydrogen-bond donors (Lipinski definition) is 2. The molecule has 18 heavy (non-hydrogen) atoms. The summed E-state index contributed by atoms with van der Waals surface area (Å²) in [5.41, 5.74) is 1.85. The maximum absolute atomic E-state index is 12.0. The van der Waals surface area contributed by atoms with Gasteiger partial charge in [0.25, 0.3) is 0 Å². The van der Waals surface area contributed by atoms with Crippen LogP contribution in [-0.2, 0) is 4.79 Å². The third kappa shape index (κ3) is 2.23. The van der Waals surface area contributed by atoms with Crippen molar-refractivity contribution in [2.24, 2.45) is 0 Å². The summed E-state index contributed by atoms with van der Waals surface area (Å²) in [6, 6.07) is 5.82. The quantitative estimate of drug-likeness (QED) is 0.872. The van der Waals surface area contributed by atoms with Crippen molar-refractivity contribution >= 4 is 33.1 Å². The highest BCUT2D eigenvalue weighted by Crippen LogP contribution is 2.25. The number of carbonyl (C=O) groups excluding carboxylic acids is 1. The van der Waals surface area contributed by atoms with Crippen LogP contribution in [0.5, 0.6) is 0 Å². The van der Waals surface area contributed by atoms with E-state index in [4.69, 9.17) is 0 Å². The van der Waals surface area contributed by atoms with E-state index < -0.39 is 0 Å². The van der Waals surface area contributed by atoms with Crippen LogP contribution in [0.2, 0.25) is 0 Å². The third-order valence-corrected chi connectivity index (χ3v) is 4.07. The molecule has 5 heteroatoms. The van der Waals surface area contributed by atoms with Crippen LogP contribution in [0, 0.1) is 6.92 Å². The van der Waals surface area contributed by atoms with Crippen LogP contribution in [0.3, 0.4) is 0 Å². The molecular weight excluding hydrogens is 246 g/mol. The molecule has 0 saturated carbocycles. The van der Waals surface area contributed by atoms with Crippen LogP contribution < -0.4 is 10.6 Å². The van der Waals surface area contributed by atoms with Gasteiger partial charge in [-0.25, -0.2) is 4.98 Å². The van der Waals surface area contributed by atoms with Gasteiger partial charge in [0.15, 0.2) is 0 Å². The van der Waals surface area contributed by atoms with Crippen molar-refractivity contribution in [2.45, 2.75) is 25.8 Å². The maximum Gasteiger partial charge on any atom is 0.241 e. The Balaban J connectivity index is 1.79. The molecule has 0 unspecified atom stereocenters. The molecule has 1 amide bonds. The Morgan fingerprint density at radius 3 is 3.22 bits per heavy atom. The molecule has 2 N–H and O–H groups in total. The summed E-state index contributed by atoms with van der Waals surface area (Å²) < 4.78 is 1.12. The molecule has 1 atom stereocenters. The highest BCUT2D eigenvalue weighted by molar-refractivity contribution is 7.18. The number of anilines is 1. The number of benzene rings is 1. The largest absolute Gasteiger partial charge is 0.325 e. The molecule has 1 saturated heterocycles. The monoisotopic (exact) mass is 261 g/mol. The molecule has 0 radical (unpaired) electrons. The molecule has 1 aliphatic rings. The van der Waals surface area contributed by atoms with E-state index in [9.17, 15) is 4.79 Å². The fourth-order valence-electron chi connectivity index (χ4n) is 2.26. The SMILES string of the molecule is Cc1nc2ccc(NC(=O)[C@H]3CCCN3)cc2s1. The Morgan fingerprint density at radius 2 is 2.44 bits per heavy atom. The second-order valence-electron chi connectivity index (χ2n) is 4.55. The topological polar surface area (TPSA) is 54.0 Å². The number of rotatable bonds is 2. The zero-order valence-electron chi connectivity index (χ0n) is 10.2. The van der Waals surface area contributed by atoms with Gasteiger partial charge in [-0.3, -0.25) is 4.79 Å². The van der Waals surface area contributed by atoms with E-state index in [1.807, 2.05) is 25.1 Å². The molecule has 1 aromatic carbocycles. The van der Waals surface area contributed by atoms with Gasteiger partial charge in [0.05, 0.1) is 21.3 Å². The van der Waals surface area contributed by atoms with Crippen molar-refractivity contribution in [1.29, 1.82) is 0 Å². The molecule has 94 valence electrons. The van der Waals surface area contributed by atoms with Gasteiger partial charge in [0.2, 0.25) is 5.91 Å². The predicted octanol–water partition coefficient (Wildman–Crippen LogP) is 2.30. The lowest BCUT2D eigenvalue weighted by Gasteiger charge is -2.10. The van der Waals surface area contributed by atoms with Crippen LogP contribution in [0.15, 0.2) is 18.2 Å². The van der Waals surface area contributed by atoms with E-state index >= 15 is 0 Å². The zero-order valence-corrected chi connectivity index (χ0v) is 11.0. The number of aryl methyl sites for hydroxylation is 1. The van der Waals surface area contributed by atoms with E-state index in [1.54, 1.807) is 11.3 Å². The van der Waals surface area contributed by atoms with Crippen molar-refractivity contribution in [2.75, 3.05) is 11.9 Å². The minimum atomic E-state index is -0.0381. The van der Waals surface area contributed by atoms with Crippen molar-refractivity contribution in [1.82, 2.24) is 10.3 Å². The molecule has 3 rings (SSSR count). The number of nitrogens with one attached hydrogen (secondary N) is 2. The normalized spacial score (nSPS) is 19.3. The maximum atomic E-state index is 12.0. The summed E-state index contributed by atoms with van der Waals surface area (Å²) in [6.07, 6.45) is 2.00. The summed E-state index contributed by atoms with van der Waals surface area (Å²) in [7, 11) is 0. The van der Waals surface area contributed by atoms with Gasteiger partial charge in [0, 0.05) is 5.69 Å². The Hall–Kier alpha value is -1.46. The smallest absolute Gasteiger partial charge is 0.241 e. The minimum Gasteiger partial charge on any atom is -0.325 e. The number of nitrogens with zero attached hydrogens (tertiary/aromatic N) is 1. The number of carbonyl (C=O) groups is 1. The van der Waals surface area contributed by atoms with E-state index in [0.29, 0.717) is 0 Å².